The Kier molecular flexibility index (Phi) is 4.20. The van der Waals surface area contributed by atoms with Crippen molar-refractivity contribution in [1.82, 2.24) is 0 Å². The zero-order chi connectivity index (χ0) is 16.2. The van der Waals surface area contributed by atoms with E-state index in [2.05, 4.69) is 5.32 Å². The molecule has 0 aliphatic carbocycles. The fraction of sp³-hybridized carbons (Fsp3) is 0.188. The average Bonchev–Trinajstić information content (AvgIpc) is 3.37. The molecular weight excluding hydrogens is 300 g/mol. The fourth-order valence-corrected chi connectivity index (χ4v) is 1.99. The summed E-state index contributed by atoms with van der Waals surface area (Å²) < 4.78 is 10.4. The number of para-hydroxylation sites is 1. The van der Waals surface area contributed by atoms with Crippen LogP contribution >= 0.6 is 0 Å². The van der Waals surface area contributed by atoms with Crippen molar-refractivity contribution in [2.45, 2.75) is 6.10 Å². The van der Waals surface area contributed by atoms with Crippen LogP contribution in [0.3, 0.4) is 0 Å². The lowest BCUT2D eigenvalue weighted by Crippen LogP contribution is -2.13. The Balaban J connectivity index is 1.79. The lowest BCUT2D eigenvalue weighted by atomic mass is 10.1. The van der Waals surface area contributed by atoms with Gasteiger partial charge in [0.15, 0.2) is 5.75 Å². The van der Waals surface area contributed by atoms with E-state index in [1.54, 1.807) is 24.3 Å². The van der Waals surface area contributed by atoms with Crippen LogP contribution in [0.25, 0.3) is 0 Å². The van der Waals surface area contributed by atoms with Crippen molar-refractivity contribution < 1.29 is 19.2 Å². The average molecular weight is 314 g/mol. The summed E-state index contributed by atoms with van der Waals surface area (Å²) in [6.07, 6.45) is -0.0311. The van der Waals surface area contributed by atoms with E-state index in [1.807, 2.05) is 6.07 Å². The number of hydrogen-bond donors (Lipinski definition) is 1. The zero-order valence-electron chi connectivity index (χ0n) is 12.1. The first-order chi connectivity index (χ1) is 11.1. The molecule has 1 unspecified atom stereocenters. The Hall–Kier alpha value is -2.93. The first-order valence-electron chi connectivity index (χ1n) is 7.03. The van der Waals surface area contributed by atoms with Crippen LogP contribution in [-0.2, 0) is 4.74 Å². The highest BCUT2D eigenvalue weighted by atomic mass is 16.6. The first kappa shape index (κ1) is 15.0. The van der Waals surface area contributed by atoms with Gasteiger partial charge in [0.2, 0.25) is 0 Å². The molecule has 7 heteroatoms. The van der Waals surface area contributed by atoms with Crippen LogP contribution in [0.1, 0.15) is 10.4 Å². The molecule has 0 saturated carbocycles. The Morgan fingerprint density at radius 2 is 2.04 bits per heavy atom. The van der Waals surface area contributed by atoms with E-state index in [-0.39, 0.29) is 35.6 Å². The van der Waals surface area contributed by atoms with Gasteiger partial charge >= 0.3 is 5.69 Å². The summed E-state index contributed by atoms with van der Waals surface area (Å²) >= 11 is 0. The second kappa shape index (κ2) is 6.45. The maximum Gasteiger partial charge on any atom is 0.310 e. The number of epoxide rings is 1. The van der Waals surface area contributed by atoms with Gasteiger partial charge in [-0.25, -0.2) is 0 Å². The van der Waals surface area contributed by atoms with E-state index in [1.165, 1.54) is 18.2 Å². The van der Waals surface area contributed by atoms with Gasteiger partial charge in [-0.3, -0.25) is 14.9 Å². The van der Waals surface area contributed by atoms with Crippen LogP contribution in [0.4, 0.5) is 11.4 Å². The third kappa shape index (κ3) is 3.83. The number of nitrogens with zero attached hydrogens (tertiary/aromatic N) is 1. The third-order valence-corrected chi connectivity index (χ3v) is 3.28. The lowest BCUT2D eigenvalue weighted by molar-refractivity contribution is -0.385. The summed E-state index contributed by atoms with van der Waals surface area (Å²) in [5, 5.41) is 13.8. The number of ether oxygens (including phenoxy) is 2. The maximum absolute atomic E-state index is 12.2. The molecule has 23 heavy (non-hydrogen) atoms. The smallest absolute Gasteiger partial charge is 0.310 e. The number of carbonyl (C=O) groups is 1. The predicted molar refractivity (Wildman–Crippen MR) is 82.7 cm³/mol. The molecule has 2 aromatic carbocycles. The molecule has 1 saturated heterocycles. The highest BCUT2D eigenvalue weighted by Crippen LogP contribution is 2.29. The van der Waals surface area contributed by atoms with Crippen LogP contribution in [0.15, 0.2) is 48.5 Å². The number of benzene rings is 2. The molecule has 0 bridgehead atoms. The van der Waals surface area contributed by atoms with Crippen molar-refractivity contribution in [3.8, 4) is 5.75 Å². The Labute approximate surface area is 132 Å². The van der Waals surface area contributed by atoms with Gasteiger partial charge in [0.1, 0.15) is 12.7 Å². The quantitative estimate of drug-likeness (QED) is 0.502. The van der Waals surface area contributed by atoms with Gasteiger partial charge in [0.25, 0.3) is 5.91 Å². The summed E-state index contributed by atoms with van der Waals surface area (Å²) in [6, 6.07) is 13.0. The predicted octanol–water partition coefficient (Wildman–Crippen LogP) is 2.62. The minimum Gasteiger partial charge on any atom is -0.484 e. The molecule has 0 radical (unpaired) electrons. The topological polar surface area (TPSA) is 94.0 Å². The van der Waals surface area contributed by atoms with Crippen molar-refractivity contribution in [2.24, 2.45) is 0 Å². The SMILES string of the molecule is O=C(Nc1ccccc1)c1ccc([N+](=O)[O-])c(OCC2CO2)c1. The Bertz CT molecular complexity index is 729. The highest BCUT2D eigenvalue weighted by molar-refractivity contribution is 6.04. The lowest BCUT2D eigenvalue weighted by Gasteiger charge is -2.08. The molecule has 0 spiro atoms. The highest BCUT2D eigenvalue weighted by Gasteiger charge is 2.25. The first-order valence-corrected chi connectivity index (χ1v) is 7.03. The largest absolute Gasteiger partial charge is 0.484 e. The monoisotopic (exact) mass is 314 g/mol. The zero-order valence-corrected chi connectivity index (χ0v) is 12.1. The molecule has 0 aromatic heterocycles. The summed E-state index contributed by atoms with van der Waals surface area (Å²) in [5.74, 6) is -0.301. The second-order valence-electron chi connectivity index (χ2n) is 5.03. The summed E-state index contributed by atoms with van der Waals surface area (Å²) in [7, 11) is 0. The fourth-order valence-electron chi connectivity index (χ4n) is 1.99. The molecule has 3 rings (SSSR count). The minimum atomic E-state index is -0.540. The van der Waals surface area contributed by atoms with Gasteiger partial charge in [0, 0.05) is 23.4 Å². The number of amides is 1. The van der Waals surface area contributed by atoms with E-state index in [9.17, 15) is 14.9 Å². The molecule has 7 nitrogen and oxygen atoms in total. The third-order valence-electron chi connectivity index (χ3n) is 3.28. The number of nitro groups is 1. The van der Waals surface area contributed by atoms with Gasteiger partial charge in [-0.05, 0) is 18.2 Å². The number of carbonyl (C=O) groups excluding carboxylic acids is 1. The van der Waals surface area contributed by atoms with Crippen LogP contribution < -0.4 is 10.1 Å². The standard InChI is InChI=1S/C16H14N2O5/c19-16(17-12-4-2-1-3-5-12)11-6-7-14(18(20)21)15(8-11)23-10-13-9-22-13/h1-8,13H,9-10H2,(H,17,19). The number of hydrogen-bond acceptors (Lipinski definition) is 5. The van der Waals surface area contributed by atoms with E-state index >= 15 is 0 Å². The van der Waals surface area contributed by atoms with E-state index in [0.717, 1.165) is 0 Å². The summed E-state index contributed by atoms with van der Waals surface area (Å²) in [6.45, 7) is 0.812. The van der Waals surface area contributed by atoms with Crippen molar-refractivity contribution in [2.75, 3.05) is 18.5 Å². The van der Waals surface area contributed by atoms with Crippen molar-refractivity contribution in [1.29, 1.82) is 0 Å². The molecule has 1 amide bonds. The van der Waals surface area contributed by atoms with Crippen molar-refractivity contribution in [3.63, 3.8) is 0 Å². The van der Waals surface area contributed by atoms with Gasteiger partial charge in [-0.2, -0.15) is 0 Å². The molecule has 2 aromatic rings. The molecular formula is C16H14N2O5. The van der Waals surface area contributed by atoms with Crippen LogP contribution in [0, 0.1) is 10.1 Å². The Morgan fingerprint density at radius 3 is 2.70 bits per heavy atom. The van der Waals surface area contributed by atoms with Gasteiger partial charge < -0.3 is 14.8 Å². The van der Waals surface area contributed by atoms with Crippen LogP contribution in [0.5, 0.6) is 5.75 Å². The molecule has 1 atom stereocenters. The number of anilines is 1. The number of rotatable bonds is 6. The van der Waals surface area contributed by atoms with E-state index < -0.39 is 4.92 Å². The molecule has 1 heterocycles. The van der Waals surface area contributed by atoms with E-state index in [4.69, 9.17) is 9.47 Å². The molecule has 1 N–H and O–H groups in total. The second-order valence-corrected chi connectivity index (χ2v) is 5.03. The van der Waals surface area contributed by atoms with Crippen molar-refractivity contribution >= 4 is 17.3 Å². The number of nitrogens with one attached hydrogen (secondary N) is 1. The summed E-state index contributed by atoms with van der Waals surface area (Å²) in [5.41, 5.74) is 0.748. The summed E-state index contributed by atoms with van der Waals surface area (Å²) in [4.78, 5) is 22.7. The normalized spacial score (nSPS) is 15.7. The van der Waals surface area contributed by atoms with Gasteiger partial charge in [-0.1, -0.05) is 18.2 Å². The molecule has 1 fully saturated rings. The van der Waals surface area contributed by atoms with E-state index in [0.29, 0.717) is 12.3 Å². The van der Waals surface area contributed by atoms with Crippen LogP contribution in [0.2, 0.25) is 0 Å². The molecule has 1 aliphatic rings. The molecule has 1 aliphatic heterocycles. The van der Waals surface area contributed by atoms with Gasteiger partial charge in [-0.15, -0.1) is 0 Å². The van der Waals surface area contributed by atoms with Crippen molar-refractivity contribution in [3.05, 3.63) is 64.2 Å². The minimum absolute atomic E-state index is 0.0311. The van der Waals surface area contributed by atoms with Crippen LogP contribution in [-0.4, -0.2) is 30.1 Å². The van der Waals surface area contributed by atoms with Gasteiger partial charge in [0.05, 0.1) is 11.5 Å². The molecule has 118 valence electrons. The maximum atomic E-state index is 12.2. The number of nitro benzene ring substituents is 1. The Morgan fingerprint density at radius 1 is 1.30 bits per heavy atom.